The van der Waals surface area contributed by atoms with Crippen molar-refractivity contribution in [1.29, 1.82) is 0 Å². The summed E-state index contributed by atoms with van der Waals surface area (Å²) in [6, 6.07) is 9.25. The lowest BCUT2D eigenvalue weighted by Crippen LogP contribution is -2.38. The number of halogens is 3. The standard InChI is InChI=1S/C19H15F3N2O6S/c1-11(17(26)23-13-6-4-5-12(9-13)19(20,21)22)30-16(25)10-24-18(27)14-7-2-3-8-15(14)31(24,28)29/h2-9,11H,10H2,1H3,(H,23,26)/t11-/m0/s1. The smallest absolute Gasteiger partial charge is 0.416 e. The zero-order valence-electron chi connectivity index (χ0n) is 15.8. The van der Waals surface area contributed by atoms with Crippen LogP contribution in [0.4, 0.5) is 18.9 Å². The minimum Gasteiger partial charge on any atom is -0.451 e. The molecule has 2 aromatic rings. The van der Waals surface area contributed by atoms with E-state index >= 15 is 0 Å². The summed E-state index contributed by atoms with van der Waals surface area (Å²) in [4.78, 5) is 36.3. The first-order valence-corrected chi connectivity index (χ1v) is 10.2. The molecule has 0 aromatic heterocycles. The van der Waals surface area contributed by atoms with Gasteiger partial charge < -0.3 is 10.1 Å². The van der Waals surface area contributed by atoms with Crippen molar-refractivity contribution in [2.24, 2.45) is 0 Å². The Balaban J connectivity index is 1.64. The highest BCUT2D eigenvalue weighted by molar-refractivity contribution is 7.90. The van der Waals surface area contributed by atoms with Crippen LogP contribution in [0.1, 0.15) is 22.8 Å². The number of hydrogen-bond donors (Lipinski definition) is 1. The zero-order valence-corrected chi connectivity index (χ0v) is 16.7. The number of sulfonamides is 1. The number of carbonyl (C=O) groups is 3. The molecule has 0 unspecified atom stereocenters. The van der Waals surface area contributed by atoms with Gasteiger partial charge in [-0.3, -0.25) is 14.4 Å². The van der Waals surface area contributed by atoms with Crippen molar-refractivity contribution >= 4 is 33.5 Å². The number of esters is 1. The molecule has 0 aliphatic carbocycles. The predicted octanol–water partition coefficient (Wildman–Crippen LogP) is 2.42. The Morgan fingerprint density at radius 1 is 1.13 bits per heavy atom. The first-order valence-electron chi connectivity index (χ1n) is 8.75. The third-order valence-corrected chi connectivity index (χ3v) is 6.11. The molecule has 2 aromatic carbocycles. The fourth-order valence-electron chi connectivity index (χ4n) is 2.81. The van der Waals surface area contributed by atoms with Crippen LogP contribution in [0.3, 0.4) is 0 Å². The molecule has 8 nitrogen and oxygen atoms in total. The Morgan fingerprint density at radius 3 is 2.45 bits per heavy atom. The summed E-state index contributed by atoms with van der Waals surface area (Å²) in [5, 5.41) is 2.18. The van der Waals surface area contributed by atoms with Gasteiger partial charge in [0.25, 0.3) is 21.8 Å². The second-order valence-corrected chi connectivity index (χ2v) is 8.34. The number of benzene rings is 2. The average Bonchev–Trinajstić information content (AvgIpc) is 2.88. The molecular formula is C19H15F3N2O6S. The Hall–Kier alpha value is -3.41. The van der Waals surface area contributed by atoms with Crippen LogP contribution in [0.2, 0.25) is 0 Å². The number of amides is 2. The average molecular weight is 456 g/mol. The number of fused-ring (bicyclic) bond motifs is 1. The van der Waals surface area contributed by atoms with Crippen molar-refractivity contribution < 1.29 is 40.7 Å². The van der Waals surface area contributed by atoms with Crippen LogP contribution in [0.5, 0.6) is 0 Å². The van der Waals surface area contributed by atoms with Gasteiger partial charge in [0.2, 0.25) is 0 Å². The third-order valence-electron chi connectivity index (χ3n) is 4.32. The topological polar surface area (TPSA) is 110 Å². The first-order chi connectivity index (χ1) is 14.4. The Morgan fingerprint density at radius 2 is 1.81 bits per heavy atom. The van der Waals surface area contributed by atoms with Gasteiger partial charge in [-0.15, -0.1) is 0 Å². The molecule has 0 fully saturated rings. The lowest BCUT2D eigenvalue weighted by molar-refractivity contribution is -0.152. The maximum atomic E-state index is 12.8. The van der Waals surface area contributed by atoms with Crippen LogP contribution in [-0.4, -0.2) is 43.2 Å². The van der Waals surface area contributed by atoms with Gasteiger partial charge in [-0.1, -0.05) is 18.2 Å². The highest BCUT2D eigenvalue weighted by Crippen LogP contribution is 2.31. The van der Waals surface area contributed by atoms with Gasteiger partial charge in [-0.25, -0.2) is 12.7 Å². The van der Waals surface area contributed by atoms with E-state index < -0.39 is 52.2 Å². The molecule has 2 amide bonds. The summed E-state index contributed by atoms with van der Waals surface area (Å²) >= 11 is 0. The van der Waals surface area contributed by atoms with Gasteiger partial charge in [-0.2, -0.15) is 13.2 Å². The second kappa shape index (κ2) is 8.02. The molecule has 0 bridgehead atoms. The molecule has 1 atom stereocenters. The fourth-order valence-corrected chi connectivity index (χ4v) is 4.32. The number of nitrogens with zero attached hydrogens (tertiary/aromatic N) is 1. The van der Waals surface area contributed by atoms with E-state index in [4.69, 9.17) is 4.74 Å². The maximum Gasteiger partial charge on any atom is 0.416 e. The molecule has 1 heterocycles. The summed E-state index contributed by atoms with van der Waals surface area (Å²) in [6.07, 6.45) is -6.07. The second-order valence-electron chi connectivity index (χ2n) is 6.51. The van der Waals surface area contributed by atoms with E-state index in [1.54, 1.807) is 0 Å². The van der Waals surface area contributed by atoms with Crippen LogP contribution in [0.15, 0.2) is 53.4 Å². The maximum absolute atomic E-state index is 12.8. The molecule has 1 aliphatic heterocycles. The SMILES string of the molecule is C[C@H](OC(=O)CN1C(=O)c2ccccc2S1(=O)=O)C(=O)Nc1cccc(C(F)(F)F)c1. The van der Waals surface area contributed by atoms with Gasteiger partial charge >= 0.3 is 12.1 Å². The summed E-state index contributed by atoms with van der Waals surface area (Å²) in [6.45, 7) is 0.187. The van der Waals surface area contributed by atoms with Crippen molar-refractivity contribution in [3.8, 4) is 0 Å². The molecule has 164 valence electrons. The van der Waals surface area contributed by atoms with Crippen molar-refractivity contribution in [3.63, 3.8) is 0 Å². The minimum absolute atomic E-state index is 0.0920. The molecule has 0 saturated heterocycles. The summed E-state index contributed by atoms with van der Waals surface area (Å²) in [5.41, 5.74) is -1.24. The van der Waals surface area contributed by atoms with Crippen LogP contribution < -0.4 is 5.32 Å². The number of nitrogens with one attached hydrogen (secondary N) is 1. The number of anilines is 1. The van der Waals surface area contributed by atoms with Crippen molar-refractivity contribution in [2.45, 2.75) is 24.1 Å². The lowest BCUT2D eigenvalue weighted by atomic mass is 10.2. The zero-order chi connectivity index (χ0) is 23.0. The van der Waals surface area contributed by atoms with E-state index in [0.29, 0.717) is 10.4 Å². The van der Waals surface area contributed by atoms with E-state index in [1.807, 2.05) is 0 Å². The van der Waals surface area contributed by atoms with Crippen LogP contribution in [0.25, 0.3) is 0 Å². The van der Waals surface area contributed by atoms with E-state index in [1.165, 1.54) is 30.3 Å². The van der Waals surface area contributed by atoms with Crippen molar-refractivity contribution in [1.82, 2.24) is 4.31 Å². The highest BCUT2D eigenvalue weighted by atomic mass is 32.2. The van der Waals surface area contributed by atoms with E-state index in [-0.39, 0.29) is 16.1 Å². The summed E-state index contributed by atoms with van der Waals surface area (Å²) < 4.78 is 68.3. The van der Waals surface area contributed by atoms with E-state index in [9.17, 15) is 36.0 Å². The van der Waals surface area contributed by atoms with Gasteiger partial charge in [0.15, 0.2) is 6.10 Å². The van der Waals surface area contributed by atoms with Gasteiger partial charge in [0.05, 0.1) is 11.1 Å². The Kier molecular flexibility index (Phi) is 5.77. The predicted molar refractivity (Wildman–Crippen MR) is 100 cm³/mol. The Labute approximate surface area is 174 Å². The van der Waals surface area contributed by atoms with Gasteiger partial charge in [-0.05, 0) is 37.3 Å². The molecular weight excluding hydrogens is 441 g/mol. The van der Waals surface area contributed by atoms with Crippen LogP contribution >= 0.6 is 0 Å². The molecule has 1 N–H and O–H groups in total. The number of carbonyl (C=O) groups excluding carboxylic acids is 3. The number of alkyl halides is 3. The molecule has 1 aliphatic rings. The molecule has 12 heteroatoms. The molecule has 0 radical (unpaired) electrons. The minimum atomic E-state index is -4.61. The van der Waals surface area contributed by atoms with Gasteiger partial charge in [0.1, 0.15) is 11.4 Å². The van der Waals surface area contributed by atoms with E-state index in [2.05, 4.69) is 5.32 Å². The molecule has 31 heavy (non-hydrogen) atoms. The largest absolute Gasteiger partial charge is 0.451 e. The van der Waals surface area contributed by atoms with Crippen LogP contribution in [0, 0.1) is 0 Å². The highest BCUT2D eigenvalue weighted by Gasteiger charge is 2.42. The number of rotatable bonds is 5. The summed E-state index contributed by atoms with van der Waals surface area (Å²) in [5.74, 6) is -3.03. The van der Waals surface area contributed by atoms with Crippen LogP contribution in [-0.2, 0) is 30.5 Å². The van der Waals surface area contributed by atoms with Crippen molar-refractivity contribution in [2.75, 3.05) is 11.9 Å². The van der Waals surface area contributed by atoms with E-state index in [0.717, 1.165) is 19.1 Å². The third kappa shape index (κ3) is 4.53. The molecule has 0 spiro atoms. The molecule has 0 saturated carbocycles. The quantitative estimate of drug-likeness (QED) is 0.692. The first kappa shape index (κ1) is 22.3. The monoisotopic (exact) mass is 456 g/mol. The van der Waals surface area contributed by atoms with Crippen molar-refractivity contribution in [3.05, 3.63) is 59.7 Å². The number of hydrogen-bond acceptors (Lipinski definition) is 6. The number of ether oxygens (including phenoxy) is 1. The molecule has 3 rings (SSSR count). The fraction of sp³-hybridized carbons (Fsp3) is 0.211. The van der Waals surface area contributed by atoms with Gasteiger partial charge in [0, 0.05) is 5.69 Å². The Bertz CT molecular complexity index is 1160. The summed E-state index contributed by atoms with van der Waals surface area (Å²) in [7, 11) is -4.24. The lowest BCUT2D eigenvalue weighted by Gasteiger charge is -2.17. The normalized spacial score (nSPS) is 15.9.